The summed E-state index contributed by atoms with van der Waals surface area (Å²) in [4.78, 5) is 13.8. The average molecular weight is 262 g/mol. The monoisotopic (exact) mass is 262 g/mol. The normalized spacial score (nSPS) is 21.9. The molecule has 0 aromatic carbocycles. The quantitative estimate of drug-likeness (QED) is 0.732. The molecule has 17 heavy (non-hydrogen) atoms. The number of carbonyl (C=O) groups excluding carboxylic acids is 1. The minimum atomic E-state index is -0.852. The molecule has 0 aromatic heterocycles. The highest BCUT2D eigenvalue weighted by molar-refractivity contribution is 7.84. The van der Waals surface area contributed by atoms with E-state index in [1.807, 2.05) is 18.7 Å². The van der Waals surface area contributed by atoms with E-state index in [9.17, 15) is 9.00 Å². The lowest BCUT2D eigenvalue weighted by atomic mass is 10.2. The summed E-state index contributed by atoms with van der Waals surface area (Å²) in [5.41, 5.74) is 0. The number of nitrogens with zero attached hydrogens (tertiary/aromatic N) is 1. The van der Waals surface area contributed by atoms with Crippen molar-refractivity contribution in [1.82, 2.24) is 10.2 Å². The van der Waals surface area contributed by atoms with E-state index in [1.54, 1.807) is 6.26 Å². The van der Waals surface area contributed by atoms with Crippen molar-refractivity contribution in [2.24, 2.45) is 0 Å². The van der Waals surface area contributed by atoms with Crippen LogP contribution in [-0.2, 0) is 20.3 Å². The van der Waals surface area contributed by atoms with Crippen LogP contribution < -0.4 is 5.32 Å². The zero-order valence-electron chi connectivity index (χ0n) is 10.8. The molecule has 6 heteroatoms. The van der Waals surface area contributed by atoms with Gasteiger partial charge in [-0.05, 0) is 13.8 Å². The Morgan fingerprint density at radius 2 is 2.00 bits per heavy atom. The van der Waals surface area contributed by atoms with E-state index in [-0.39, 0.29) is 17.2 Å². The molecule has 0 aliphatic carbocycles. The van der Waals surface area contributed by atoms with Gasteiger partial charge in [-0.3, -0.25) is 9.00 Å². The molecule has 1 rings (SSSR count). The van der Waals surface area contributed by atoms with Gasteiger partial charge in [-0.25, -0.2) is 0 Å². The summed E-state index contributed by atoms with van der Waals surface area (Å²) in [5.74, 6) is 0.0994. The summed E-state index contributed by atoms with van der Waals surface area (Å²) in [6.07, 6.45) is 1.68. The lowest BCUT2D eigenvalue weighted by Crippen LogP contribution is -2.50. The zero-order chi connectivity index (χ0) is 12.8. The van der Waals surface area contributed by atoms with Crippen molar-refractivity contribution < 1.29 is 13.7 Å². The van der Waals surface area contributed by atoms with Crippen LogP contribution in [-0.4, -0.2) is 65.4 Å². The third-order valence-electron chi connectivity index (χ3n) is 2.97. The molecule has 3 unspecified atom stereocenters. The van der Waals surface area contributed by atoms with Crippen molar-refractivity contribution >= 4 is 16.7 Å². The van der Waals surface area contributed by atoms with Gasteiger partial charge in [0.1, 0.15) is 0 Å². The Hall–Kier alpha value is -0.460. The summed E-state index contributed by atoms with van der Waals surface area (Å²) in [5, 5.41) is 3.20. The topological polar surface area (TPSA) is 58.6 Å². The molecule has 1 aliphatic heterocycles. The van der Waals surface area contributed by atoms with E-state index < -0.39 is 10.8 Å². The van der Waals surface area contributed by atoms with E-state index in [2.05, 4.69) is 5.32 Å². The molecule has 1 heterocycles. The largest absolute Gasteiger partial charge is 0.378 e. The highest BCUT2D eigenvalue weighted by atomic mass is 32.2. The lowest BCUT2D eigenvalue weighted by Gasteiger charge is -2.29. The maximum atomic E-state index is 12.0. The molecule has 0 bridgehead atoms. The van der Waals surface area contributed by atoms with Gasteiger partial charge < -0.3 is 15.0 Å². The lowest BCUT2D eigenvalue weighted by molar-refractivity contribution is -0.137. The Bertz CT molecular complexity index is 280. The molecule has 1 aliphatic rings. The smallest absolute Gasteiger partial charge is 0.239 e. The Labute approximate surface area is 105 Å². The molecule has 0 spiro atoms. The maximum absolute atomic E-state index is 12.0. The number of nitrogens with one attached hydrogen (secondary N) is 1. The number of hydrogen-bond acceptors (Lipinski definition) is 4. The summed E-state index contributed by atoms with van der Waals surface area (Å²) in [6, 6.07) is -0.223. The Balaban J connectivity index is 2.33. The van der Waals surface area contributed by atoms with E-state index in [4.69, 9.17) is 4.74 Å². The molecule has 1 amide bonds. The Kier molecular flexibility index (Phi) is 6.08. The van der Waals surface area contributed by atoms with Gasteiger partial charge in [0.2, 0.25) is 5.91 Å². The summed E-state index contributed by atoms with van der Waals surface area (Å²) in [7, 11) is -0.852. The summed E-state index contributed by atoms with van der Waals surface area (Å²) < 4.78 is 16.4. The van der Waals surface area contributed by atoms with Gasteiger partial charge >= 0.3 is 0 Å². The first-order valence-electron chi connectivity index (χ1n) is 5.94. The number of morpholine rings is 1. The van der Waals surface area contributed by atoms with Gasteiger partial charge in [-0.2, -0.15) is 0 Å². The van der Waals surface area contributed by atoms with Gasteiger partial charge in [-0.1, -0.05) is 0 Å². The van der Waals surface area contributed by atoms with Crippen molar-refractivity contribution in [3.63, 3.8) is 0 Å². The second kappa shape index (κ2) is 7.08. The number of carbonyl (C=O) groups is 1. The second-order valence-corrected chi connectivity index (χ2v) is 6.18. The van der Waals surface area contributed by atoms with Crippen molar-refractivity contribution in [3.8, 4) is 0 Å². The maximum Gasteiger partial charge on any atom is 0.239 e. The fourth-order valence-corrected chi connectivity index (χ4v) is 1.94. The van der Waals surface area contributed by atoms with Crippen LogP contribution in [0.2, 0.25) is 0 Å². The minimum absolute atomic E-state index is 0.0648. The van der Waals surface area contributed by atoms with Crippen molar-refractivity contribution in [3.05, 3.63) is 0 Å². The van der Waals surface area contributed by atoms with Crippen LogP contribution in [0.3, 0.4) is 0 Å². The molecule has 1 fully saturated rings. The Morgan fingerprint density at radius 3 is 2.53 bits per heavy atom. The van der Waals surface area contributed by atoms with Crippen LogP contribution in [0, 0.1) is 0 Å². The second-order valence-electron chi connectivity index (χ2n) is 4.38. The molecular formula is C11H22N2O3S. The van der Waals surface area contributed by atoms with Crippen LogP contribution in [0.15, 0.2) is 0 Å². The summed E-state index contributed by atoms with van der Waals surface area (Å²) in [6.45, 7) is 6.93. The fourth-order valence-electron chi connectivity index (χ4n) is 1.61. The number of amides is 1. The fraction of sp³-hybridized carbons (Fsp3) is 0.909. The van der Waals surface area contributed by atoms with Crippen LogP contribution in [0.4, 0.5) is 0 Å². The van der Waals surface area contributed by atoms with E-state index in [1.165, 1.54) is 0 Å². The number of rotatable bonds is 5. The summed E-state index contributed by atoms with van der Waals surface area (Å²) >= 11 is 0. The number of hydrogen-bond donors (Lipinski definition) is 1. The van der Waals surface area contributed by atoms with E-state index >= 15 is 0 Å². The predicted octanol–water partition coefficient (Wildman–Crippen LogP) is -0.410. The number of ether oxygens (including phenoxy) is 1. The molecule has 0 saturated carbocycles. The highest BCUT2D eigenvalue weighted by Crippen LogP contribution is 2.01. The third-order valence-corrected chi connectivity index (χ3v) is 4.27. The molecule has 0 aromatic rings. The average Bonchev–Trinajstić information content (AvgIpc) is 2.35. The molecule has 5 nitrogen and oxygen atoms in total. The van der Waals surface area contributed by atoms with Crippen LogP contribution in [0.1, 0.15) is 13.8 Å². The molecule has 0 radical (unpaired) electrons. The Morgan fingerprint density at radius 1 is 1.41 bits per heavy atom. The first-order chi connectivity index (χ1) is 8.02. The third kappa shape index (κ3) is 4.73. The van der Waals surface area contributed by atoms with Crippen LogP contribution >= 0.6 is 0 Å². The highest BCUT2D eigenvalue weighted by Gasteiger charge is 2.22. The van der Waals surface area contributed by atoms with Crippen molar-refractivity contribution in [2.45, 2.75) is 25.1 Å². The molecule has 1 saturated heterocycles. The van der Waals surface area contributed by atoms with Gasteiger partial charge in [0.15, 0.2) is 0 Å². The van der Waals surface area contributed by atoms with Crippen LogP contribution in [0.5, 0.6) is 0 Å². The first-order valence-corrected chi connectivity index (χ1v) is 7.56. The van der Waals surface area contributed by atoms with Crippen molar-refractivity contribution in [2.75, 3.05) is 39.1 Å². The predicted molar refractivity (Wildman–Crippen MR) is 68.4 cm³/mol. The molecule has 1 N–H and O–H groups in total. The standard InChI is InChI=1S/C11H22N2O3S/c1-9(17(3)15)8-12-10(2)11(14)13-4-6-16-7-5-13/h9-10,12H,4-8H2,1-3H3. The van der Waals surface area contributed by atoms with E-state index in [0.717, 1.165) is 0 Å². The first kappa shape index (κ1) is 14.6. The SMILES string of the molecule is CC(NCC(C)S(C)=O)C(=O)N1CCOCC1. The van der Waals surface area contributed by atoms with Gasteiger partial charge in [-0.15, -0.1) is 0 Å². The van der Waals surface area contributed by atoms with Crippen molar-refractivity contribution in [1.29, 1.82) is 0 Å². The zero-order valence-corrected chi connectivity index (χ0v) is 11.6. The van der Waals surface area contributed by atoms with Gasteiger partial charge in [0.25, 0.3) is 0 Å². The molecular weight excluding hydrogens is 240 g/mol. The van der Waals surface area contributed by atoms with Gasteiger partial charge in [0.05, 0.1) is 19.3 Å². The molecule has 100 valence electrons. The van der Waals surface area contributed by atoms with Crippen LogP contribution in [0.25, 0.3) is 0 Å². The van der Waals surface area contributed by atoms with Gasteiger partial charge in [0, 0.05) is 41.9 Å². The molecule has 3 atom stereocenters. The van der Waals surface area contributed by atoms with E-state index in [0.29, 0.717) is 32.8 Å². The minimum Gasteiger partial charge on any atom is -0.378 e.